The zero-order chi connectivity index (χ0) is 11.1. The first-order valence-electron chi connectivity index (χ1n) is 4.16. The van der Waals surface area contributed by atoms with Gasteiger partial charge >= 0.3 is 0 Å². The Labute approximate surface area is 86.8 Å². The molecule has 0 unspecified atom stereocenters. The molecule has 1 aromatic heterocycles. The number of aromatic nitrogens is 1. The molecule has 15 heavy (non-hydrogen) atoms. The normalized spacial score (nSPS) is 11.8. The molecule has 78 valence electrons. The highest BCUT2D eigenvalue weighted by atomic mass is 32.2. The largest absolute Gasteiger partial charge is 0.383 e. The summed E-state index contributed by atoms with van der Waals surface area (Å²) < 4.78 is 22.5. The van der Waals surface area contributed by atoms with Crippen molar-refractivity contribution in [1.29, 1.82) is 0 Å². The molecule has 2 aromatic rings. The molecule has 5 nitrogen and oxygen atoms in total. The number of benzene rings is 1. The average Bonchev–Trinajstić information content (AvgIpc) is 2.16. The third-order valence-electron chi connectivity index (χ3n) is 2.10. The maximum absolute atomic E-state index is 11.3. The van der Waals surface area contributed by atoms with Crippen molar-refractivity contribution >= 4 is 26.6 Å². The lowest BCUT2D eigenvalue weighted by Gasteiger charge is -2.05. The summed E-state index contributed by atoms with van der Waals surface area (Å²) >= 11 is 0. The van der Waals surface area contributed by atoms with E-state index in [0.717, 1.165) is 0 Å². The fourth-order valence-corrected chi connectivity index (χ4v) is 2.20. The van der Waals surface area contributed by atoms with Gasteiger partial charge in [-0.15, -0.1) is 0 Å². The van der Waals surface area contributed by atoms with E-state index in [2.05, 4.69) is 4.98 Å². The van der Waals surface area contributed by atoms with E-state index in [4.69, 9.17) is 10.9 Å². The molecule has 0 bridgehead atoms. The van der Waals surface area contributed by atoms with Crippen molar-refractivity contribution in [3.8, 4) is 0 Å². The molecule has 0 radical (unpaired) electrons. The number of pyridine rings is 1. The Balaban J connectivity index is 2.96. The Morgan fingerprint density at radius 3 is 2.53 bits per heavy atom. The first kappa shape index (κ1) is 9.88. The average molecular weight is 223 g/mol. The van der Waals surface area contributed by atoms with Gasteiger partial charge in [0.05, 0.1) is 4.90 Å². The number of nitrogens with two attached hydrogens (primary N) is 2. The predicted molar refractivity (Wildman–Crippen MR) is 57.5 cm³/mol. The van der Waals surface area contributed by atoms with Crippen LogP contribution in [-0.2, 0) is 10.0 Å². The van der Waals surface area contributed by atoms with Gasteiger partial charge in [-0.2, -0.15) is 0 Å². The van der Waals surface area contributed by atoms with E-state index < -0.39 is 10.0 Å². The van der Waals surface area contributed by atoms with E-state index >= 15 is 0 Å². The quantitative estimate of drug-likeness (QED) is 0.733. The highest BCUT2D eigenvalue weighted by molar-refractivity contribution is 7.89. The van der Waals surface area contributed by atoms with Crippen LogP contribution in [0.25, 0.3) is 10.8 Å². The van der Waals surface area contributed by atoms with Crippen LogP contribution in [0.1, 0.15) is 0 Å². The second-order valence-electron chi connectivity index (χ2n) is 3.09. The summed E-state index contributed by atoms with van der Waals surface area (Å²) in [6.45, 7) is 0. The minimum Gasteiger partial charge on any atom is -0.383 e. The van der Waals surface area contributed by atoms with Gasteiger partial charge in [0.1, 0.15) is 5.82 Å². The third kappa shape index (κ3) is 1.64. The van der Waals surface area contributed by atoms with Gasteiger partial charge in [0.2, 0.25) is 10.0 Å². The SMILES string of the molecule is Nc1nccc2c(S(N)(=O)=O)cccc12. The Hall–Kier alpha value is -1.66. The lowest BCUT2D eigenvalue weighted by atomic mass is 10.1. The predicted octanol–water partition coefficient (Wildman–Crippen LogP) is 0.464. The van der Waals surface area contributed by atoms with Crippen molar-refractivity contribution in [2.24, 2.45) is 5.14 Å². The molecule has 0 amide bonds. The van der Waals surface area contributed by atoms with Crippen molar-refractivity contribution in [2.45, 2.75) is 4.90 Å². The van der Waals surface area contributed by atoms with E-state index in [1.807, 2.05) is 0 Å². The molecule has 0 aliphatic carbocycles. The molecule has 0 spiro atoms. The van der Waals surface area contributed by atoms with Crippen molar-refractivity contribution < 1.29 is 8.42 Å². The van der Waals surface area contributed by atoms with E-state index in [9.17, 15) is 8.42 Å². The van der Waals surface area contributed by atoms with E-state index in [1.54, 1.807) is 18.2 Å². The first-order valence-corrected chi connectivity index (χ1v) is 5.71. The topological polar surface area (TPSA) is 99.1 Å². The molecule has 4 N–H and O–H groups in total. The first-order chi connectivity index (χ1) is 7.00. The number of primary sulfonamides is 1. The summed E-state index contributed by atoms with van der Waals surface area (Å²) in [5.41, 5.74) is 5.62. The molecule has 6 heteroatoms. The molecule has 0 fully saturated rings. The second-order valence-corrected chi connectivity index (χ2v) is 4.62. The molecule has 0 aliphatic rings. The van der Waals surface area contributed by atoms with Crippen molar-refractivity contribution in [1.82, 2.24) is 4.98 Å². The maximum Gasteiger partial charge on any atom is 0.238 e. The molecule has 2 rings (SSSR count). The number of rotatable bonds is 1. The monoisotopic (exact) mass is 223 g/mol. The molecule has 1 aromatic carbocycles. The smallest absolute Gasteiger partial charge is 0.238 e. The second kappa shape index (κ2) is 3.18. The van der Waals surface area contributed by atoms with E-state index in [0.29, 0.717) is 10.8 Å². The zero-order valence-electron chi connectivity index (χ0n) is 7.71. The van der Waals surface area contributed by atoms with Gasteiger partial charge in [-0.25, -0.2) is 18.5 Å². The summed E-state index contributed by atoms with van der Waals surface area (Å²) in [6.07, 6.45) is 1.45. The zero-order valence-corrected chi connectivity index (χ0v) is 8.53. The van der Waals surface area contributed by atoms with Crippen molar-refractivity contribution in [2.75, 3.05) is 5.73 Å². The van der Waals surface area contributed by atoms with Gasteiger partial charge in [0, 0.05) is 17.0 Å². The Bertz CT molecular complexity index is 622. The van der Waals surface area contributed by atoms with Crippen LogP contribution < -0.4 is 10.9 Å². The van der Waals surface area contributed by atoms with Crippen LogP contribution in [0.5, 0.6) is 0 Å². The standard InChI is InChI=1S/C9H9N3O2S/c10-9-7-2-1-3-8(15(11,13)14)6(7)4-5-12-9/h1-5H,(H2,10,12)(H2,11,13,14). The number of sulfonamides is 1. The maximum atomic E-state index is 11.3. The summed E-state index contributed by atoms with van der Waals surface area (Å²) in [5.74, 6) is 0.290. The minimum atomic E-state index is -3.73. The third-order valence-corrected chi connectivity index (χ3v) is 3.07. The Kier molecular flexibility index (Phi) is 2.09. The van der Waals surface area contributed by atoms with Crippen molar-refractivity contribution in [3.63, 3.8) is 0 Å². The van der Waals surface area contributed by atoms with Crippen LogP contribution in [0.3, 0.4) is 0 Å². The highest BCUT2D eigenvalue weighted by Gasteiger charge is 2.12. The summed E-state index contributed by atoms with van der Waals surface area (Å²) in [6, 6.07) is 6.30. The van der Waals surface area contributed by atoms with Gasteiger partial charge in [0.25, 0.3) is 0 Å². The number of hydrogen-bond donors (Lipinski definition) is 2. The van der Waals surface area contributed by atoms with Crippen LogP contribution in [0.2, 0.25) is 0 Å². The van der Waals surface area contributed by atoms with E-state index in [1.165, 1.54) is 12.3 Å². The minimum absolute atomic E-state index is 0.0640. The highest BCUT2D eigenvalue weighted by Crippen LogP contribution is 2.24. The van der Waals surface area contributed by atoms with Gasteiger partial charge in [-0.05, 0) is 12.1 Å². The van der Waals surface area contributed by atoms with Crippen LogP contribution in [0.4, 0.5) is 5.82 Å². The fourth-order valence-electron chi connectivity index (χ4n) is 1.45. The molecule has 0 aliphatic heterocycles. The van der Waals surface area contributed by atoms with Crippen LogP contribution >= 0.6 is 0 Å². The Morgan fingerprint density at radius 1 is 1.13 bits per heavy atom. The van der Waals surface area contributed by atoms with Crippen molar-refractivity contribution in [3.05, 3.63) is 30.5 Å². The van der Waals surface area contributed by atoms with Gasteiger partial charge in [0.15, 0.2) is 0 Å². The molecule has 1 heterocycles. The summed E-state index contributed by atoms with van der Waals surface area (Å²) in [4.78, 5) is 3.94. The van der Waals surface area contributed by atoms with E-state index in [-0.39, 0.29) is 10.7 Å². The lowest BCUT2D eigenvalue weighted by molar-refractivity contribution is 0.598. The number of fused-ring (bicyclic) bond motifs is 1. The number of nitrogen functional groups attached to an aromatic ring is 1. The fraction of sp³-hybridized carbons (Fsp3) is 0. The van der Waals surface area contributed by atoms with Crippen LogP contribution in [-0.4, -0.2) is 13.4 Å². The van der Waals surface area contributed by atoms with Crippen LogP contribution in [0.15, 0.2) is 35.4 Å². The molecule has 0 saturated heterocycles. The number of nitrogens with zero attached hydrogens (tertiary/aromatic N) is 1. The molecule has 0 saturated carbocycles. The van der Waals surface area contributed by atoms with Gasteiger partial charge < -0.3 is 5.73 Å². The number of hydrogen-bond acceptors (Lipinski definition) is 4. The lowest BCUT2D eigenvalue weighted by Crippen LogP contribution is -2.12. The summed E-state index contributed by atoms with van der Waals surface area (Å²) in [5, 5.41) is 6.16. The summed E-state index contributed by atoms with van der Waals surface area (Å²) in [7, 11) is -3.73. The van der Waals surface area contributed by atoms with Crippen LogP contribution in [0, 0.1) is 0 Å². The number of anilines is 1. The molecular weight excluding hydrogens is 214 g/mol. The van der Waals surface area contributed by atoms with Gasteiger partial charge in [-0.3, -0.25) is 0 Å². The molecule has 0 atom stereocenters. The molecular formula is C9H9N3O2S. The van der Waals surface area contributed by atoms with Gasteiger partial charge in [-0.1, -0.05) is 12.1 Å². The Morgan fingerprint density at radius 2 is 1.87 bits per heavy atom.